The second-order valence-corrected chi connectivity index (χ2v) is 6.29. The minimum absolute atomic E-state index is 0.0812. The van der Waals surface area contributed by atoms with Crippen molar-refractivity contribution >= 4 is 23.6 Å². The van der Waals surface area contributed by atoms with Crippen LogP contribution in [0, 0.1) is 0 Å². The van der Waals surface area contributed by atoms with E-state index in [1.54, 1.807) is 50.2 Å². The number of ether oxygens (including phenoxy) is 1. The summed E-state index contributed by atoms with van der Waals surface area (Å²) < 4.78 is 4.98. The molecule has 0 bridgehead atoms. The molecule has 1 aromatic rings. The molecule has 26 heavy (non-hydrogen) atoms. The van der Waals surface area contributed by atoms with Gasteiger partial charge in [-0.05, 0) is 31.2 Å². The number of anilines is 1. The molecule has 1 saturated heterocycles. The number of benzene rings is 1. The molecule has 0 saturated carbocycles. The van der Waals surface area contributed by atoms with Crippen molar-refractivity contribution in [2.24, 2.45) is 0 Å². The van der Waals surface area contributed by atoms with E-state index in [-0.39, 0.29) is 24.5 Å². The van der Waals surface area contributed by atoms with E-state index in [1.165, 1.54) is 4.90 Å². The first-order valence-electron chi connectivity index (χ1n) is 8.66. The van der Waals surface area contributed by atoms with Crippen molar-refractivity contribution in [3.63, 3.8) is 0 Å². The molecule has 0 radical (unpaired) electrons. The van der Waals surface area contributed by atoms with Crippen LogP contribution in [0.3, 0.4) is 0 Å². The van der Waals surface area contributed by atoms with E-state index < -0.39 is 0 Å². The van der Waals surface area contributed by atoms with Gasteiger partial charge in [0.1, 0.15) is 0 Å². The van der Waals surface area contributed by atoms with E-state index in [0.29, 0.717) is 44.0 Å². The number of carbonyl (C=O) groups is 3. The zero-order chi connectivity index (χ0) is 19.1. The summed E-state index contributed by atoms with van der Waals surface area (Å²) in [6.45, 7) is 4.75. The lowest BCUT2D eigenvalue weighted by Gasteiger charge is -2.33. The summed E-state index contributed by atoms with van der Waals surface area (Å²) >= 11 is 0. The maximum atomic E-state index is 12.2. The molecule has 2 rings (SSSR count). The summed E-state index contributed by atoms with van der Waals surface area (Å²) in [4.78, 5) is 40.9. The lowest BCUT2D eigenvalue weighted by atomic mass is 10.2. The van der Waals surface area contributed by atoms with Gasteiger partial charge in [-0.1, -0.05) is 0 Å². The Hall–Kier alpha value is -2.61. The maximum absolute atomic E-state index is 12.2. The van der Waals surface area contributed by atoms with E-state index in [9.17, 15) is 14.4 Å². The smallest absolute Gasteiger partial charge is 0.409 e. The van der Waals surface area contributed by atoms with Gasteiger partial charge in [0.25, 0.3) is 5.91 Å². The quantitative estimate of drug-likeness (QED) is 0.848. The Kier molecular flexibility index (Phi) is 6.97. The minimum Gasteiger partial charge on any atom is -0.450 e. The number of carbonyl (C=O) groups excluding carboxylic acids is 3. The van der Waals surface area contributed by atoms with E-state index in [1.807, 2.05) is 4.90 Å². The van der Waals surface area contributed by atoms with Gasteiger partial charge >= 0.3 is 6.09 Å². The van der Waals surface area contributed by atoms with Crippen LogP contribution in [0.25, 0.3) is 0 Å². The van der Waals surface area contributed by atoms with Gasteiger partial charge in [-0.25, -0.2) is 4.79 Å². The van der Waals surface area contributed by atoms with Gasteiger partial charge in [0, 0.05) is 51.5 Å². The molecule has 3 amide bonds. The minimum atomic E-state index is -0.302. The van der Waals surface area contributed by atoms with E-state index >= 15 is 0 Å². The standard InChI is InChI=1S/C18H26N4O4/c1-4-26-18(25)22-11-9-21(10-12-22)13-16(23)19-15-7-5-14(6-8-15)17(24)20(2)3/h5-8H,4,9-13H2,1-3H3,(H,19,23). The van der Waals surface area contributed by atoms with Gasteiger partial charge < -0.3 is 19.9 Å². The molecular formula is C18H26N4O4. The summed E-state index contributed by atoms with van der Waals surface area (Å²) in [5.41, 5.74) is 1.22. The number of hydrogen-bond donors (Lipinski definition) is 1. The monoisotopic (exact) mass is 362 g/mol. The van der Waals surface area contributed by atoms with Crippen LogP contribution in [0.4, 0.5) is 10.5 Å². The van der Waals surface area contributed by atoms with Gasteiger partial charge in [0.15, 0.2) is 0 Å². The number of nitrogens with zero attached hydrogens (tertiary/aromatic N) is 3. The highest BCUT2D eigenvalue weighted by Crippen LogP contribution is 2.11. The predicted molar refractivity (Wildman–Crippen MR) is 98.1 cm³/mol. The summed E-state index contributed by atoms with van der Waals surface area (Å²) in [6.07, 6.45) is -0.302. The van der Waals surface area contributed by atoms with Crippen LogP contribution >= 0.6 is 0 Å². The molecule has 0 aliphatic carbocycles. The molecule has 1 aliphatic rings. The third-order valence-electron chi connectivity index (χ3n) is 4.09. The van der Waals surface area contributed by atoms with Crippen molar-refractivity contribution in [1.29, 1.82) is 0 Å². The first-order chi connectivity index (χ1) is 12.4. The van der Waals surface area contributed by atoms with Crippen LogP contribution in [-0.2, 0) is 9.53 Å². The number of nitrogens with one attached hydrogen (secondary N) is 1. The third kappa shape index (κ3) is 5.45. The molecule has 8 heteroatoms. The Labute approximate surface area is 153 Å². The molecule has 1 aromatic carbocycles. The molecule has 1 fully saturated rings. The predicted octanol–water partition coefficient (Wildman–Crippen LogP) is 1.10. The van der Waals surface area contributed by atoms with Crippen LogP contribution in [0.2, 0.25) is 0 Å². The second kappa shape index (κ2) is 9.19. The average molecular weight is 362 g/mol. The fourth-order valence-corrected chi connectivity index (χ4v) is 2.66. The van der Waals surface area contributed by atoms with Crippen LogP contribution < -0.4 is 5.32 Å². The molecule has 1 heterocycles. The number of rotatable bonds is 5. The Balaban J connectivity index is 1.79. The highest BCUT2D eigenvalue weighted by atomic mass is 16.6. The van der Waals surface area contributed by atoms with Crippen LogP contribution in [0.1, 0.15) is 17.3 Å². The Morgan fingerprint density at radius 2 is 1.69 bits per heavy atom. The molecular weight excluding hydrogens is 336 g/mol. The second-order valence-electron chi connectivity index (χ2n) is 6.29. The van der Waals surface area contributed by atoms with Gasteiger partial charge in [-0.3, -0.25) is 14.5 Å². The summed E-state index contributed by atoms with van der Waals surface area (Å²) in [7, 11) is 3.39. The van der Waals surface area contributed by atoms with E-state index in [2.05, 4.69) is 5.32 Å². The largest absolute Gasteiger partial charge is 0.450 e. The van der Waals surface area contributed by atoms with Crippen molar-refractivity contribution < 1.29 is 19.1 Å². The molecule has 0 unspecified atom stereocenters. The zero-order valence-electron chi connectivity index (χ0n) is 15.5. The van der Waals surface area contributed by atoms with Crippen LogP contribution in [0.15, 0.2) is 24.3 Å². The third-order valence-corrected chi connectivity index (χ3v) is 4.09. The molecule has 0 atom stereocenters. The topological polar surface area (TPSA) is 82.2 Å². The molecule has 1 N–H and O–H groups in total. The maximum Gasteiger partial charge on any atom is 0.409 e. The van der Waals surface area contributed by atoms with Gasteiger partial charge in [0.2, 0.25) is 5.91 Å². The molecule has 0 aromatic heterocycles. The highest BCUT2D eigenvalue weighted by Gasteiger charge is 2.23. The lowest BCUT2D eigenvalue weighted by Crippen LogP contribution is -2.50. The fraction of sp³-hybridized carbons (Fsp3) is 0.500. The normalized spacial score (nSPS) is 14.7. The van der Waals surface area contributed by atoms with Crippen LogP contribution in [0.5, 0.6) is 0 Å². The van der Waals surface area contributed by atoms with E-state index in [0.717, 1.165) is 0 Å². The average Bonchev–Trinajstić information content (AvgIpc) is 2.62. The summed E-state index contributed by atoms with van der Waals surface area (Å²) in [6, 6.07) is 6.81. The van der Waals surface area contributed by atoms with Crippen LogP contribution in [-0.4, -0.2) is 86.0 Å². The molecule has 0 spiro atoms. The van der Waals surface area contributed by atoms with Crippen molar-refractivity contribution in [2.75, 3.05) is 58.7 Å². The Bertz CT molecular complexity index is 637. The van der Waals surface area contributed by atoms with Crippen molar-refractivity contribution in [3.8, 4) is 0 Å². The lowest BCUT2D eigenvalue weighted by molar-refractivity contribution is -0.117. The Morgan fingerprint density at radius 3 is 2.23 bits per heavy atom. The van der Waals surface area contributed by atoms with E-state index in [4.69, 9.17) is 4.74 Å². The molecule has 1 aliphatic heterocycles. The molecule has 8 nitrogen and oxygen atoms in total. The number of amides is 3. The summed E-state index contributed by atoms with van der Waals surface area (Å²) in [5.74, 6) is -0.205. The first-order valence-corrected chi connectivity index (χ1v) is 8.66. The Morgan fingerprint density at radius 1 is 1.08 bits per heavy atom. The zero-order valence-corrected chi connectivity index (χ0v) is 15.5. The fourth-order valence-electron chi connectivity index (χ4n) is 2.66. The van der Waals surface area contributed by atoms with Crippen molar-refractivity contribution in [2.45, 2.75) is 6.92 Å². The highest BCUT2D eigenvalue weighted by molar-refractivity contribution is 5.96. The van der Waals surface area contributed by atoms with Crippen molar-refractivity contribution in [3.05, 3.63) is 29.8 Å². The van der Waals surface area contributed by atoms with Gasteiger partial charge in [0.05, 0.1) is 13.2 Å². The van der Waals surface area contributed by atoms with Crippen molar-refractivity contribution in [1.82, 2.24) is 14.7 Å². The SMILES string of the molecule is CCOC(=O)N1CCN(CC(=O)Nc2ccc(C(=O)N(C)C)cc2)CC1. The van der Waals surface area contributed by atoms with Gasteiger partial charge in [-0.2, -0.15) is 0 Å². The summed E-state index contributed by atoms with van der Waals surface area (Å²) in [5, 5.41) is 2.83. The first kappa shape index (κ1) is 19.7. The van der Waals surface area contributed by atoms with Gasteiger partial charge in [-0.15, -0.1) is 0 Å². The molecule has 142 valence electrons. The number of piperazine rings is 1. The number of hydrogen-bond acceptors (Lipinski definition) is 5.